The number of amides is 1. The number of nitrogens with one attached hydrogen (secondary N) is 2. The third kappa shape index (κ3) is 3.87. The van der Waals surface area contributed by atoms with E-state index in [4.69, 9.17) is 5.11 Å². The molecule has 3 N–H and O–H groups in total. The van der Waals surface area contributed by atoms with E-state index in [1.165, 1.54) is 6.20 Å². The standard InChI is InChI=1S/C10H15N3O4/c1-2-7(6-14)11-9(16)5-13-4-3-8(15)12-10(13)17/h3-4,7,14H,2,5-6H2,1H3,(H,11,16)(H,12,15,17)/t7-/m1/s1. The van der Waals surface area contributed by atoms with Gasteiger partial charge in [-0.25, -0.2) is 4.79 Å². The quantitative estimate of drug-likeness (QED) is 0.579. The maximum absolute atomic E-state index is 11.5. The topological polar surface area (TPSA) is 104 Å². The molecular weight excluding hydrogens is 226 g/mol. The molecule has 0 aliphatic rings. The summed E-state index contributed by atoms with van der Waals surface area (Å²) >= 11 is 0. The maximum atomic E-state index is 11.5. The molecule has 1 amide bonds. The molecular formula is C10H15N3O4. The Balaban J connectivity index is 2.68. The van der Waals surface area contributed by atoms with Crippen molar-refractivity contribution in [1.29, 1.82) is 0 Å². The van der Waals surface area contributed by atoms with Crippen molar-refractivity contribution in [3.63, 3.8) is 0 Å². The van der Waals surface area contributed by atoms with Gasteiger partial charge in [-0.3, -0.25) is 19.1 Å². The third-order valence-electron chi connectivity index (χ3n) is 2.29. The van der Waals surface area contributed by atoms with Crippen molar-refractivity contribution in [3.8, 4) is 0 Å². The number of aromatic amines is 1. The Bertz CT molecular complexity index is 487. The Morgan fingerprint density at radius 3 is 2.82 bits per heavy atom. The van der Waals surface area contributed by atoms with E-state index in [1.54, 1.807) is 0 Å². The molecule has 0 aliphatic carbocycles. The van der Waals surface area contributed by atoms with Gasteiger partial charge in [0.1, 0.15) is 6.54 Å². The molecule has 0 spiro atoms. The number of carbonyl (C=O) groups excluding carboxylic acids is 1. The SMILES string of the molecule is CC[C@H](CO)NC(=O)Cn1ccc(=O)[nH]c1=O. The summed E-state index contributed by atoms with van der Waals surface area (Å²) in [5, 5.41) is 11.5. The van der Waals surface area contributed by atoms with Crippen LogP contribution in [-0.2, 0) is 11.3 Å². The molecule has 0 saturated carbocycles. The second-order valence-electron chi connectivity index (χ2n) is 3.59. The fourth-order valence-electron chi connectivity index (χ4n) is 1.27. The largest absolute Gasteiger partial charge is 0.394 e. The van der Waals surface area contributed by atoms with Crippen LogP contribution in [0.4, 0.5) is 0 Å². The van der Waals surface area contributed by atoms with Crippen molar-refractivity contribution in [1.82, 2.24) is 14.9 Å². The van der Waals surface area contributed by atoms with Crippen LogP contribution >= 0.6 is 0 Å². The minimum Gasteiger partial charge on any atom is -0.394 e. The lowest BCUT2D eigenvalue weighted by molar-refractivity contribution is -0.122. The van der Waals surface area contributed by atoms with Crippen molar-refractivity contribution in [3.05, 3.63) is 33.1 Å². The van der Waals surface area contributed by atoms with E-state index < -0.39 is 11.2 Å². The number of aromatic nitrogens is 2. The lowest BCUT2D eigenvalue weighted by atomic mass is 10.2. The fraction of sp³-hybridized carbons (Fsp3) is 0.500. The summed E-state index contributed by atoms with van der Waals surface area (Å²) in [6, 6.07) is 0.846. The van der Waals surface area contributed by atoms with E-state index in [0.717, 1.165) is 10.6 Å². The number of carbonyl (C=O) groups is 1. The van der Waals surface area contributed by atoms with Gasteiger partial charge < -0.3 is 10.4 Å². The lowest BCUT2D eigenvalue weighted by Crippen LogP contribution is -2.41. The molecule has 0 bridgehead atoms. The van der Waals surface area contributed by atoms with E-state index in [9.17, 15) is 14.4 Å². The Morgan fingerprint density at radius 1 is 1.59 bits per heavy atom. The van der Waals surface area contributed by atoms with Crippen LogP contribution in [0.15, 0.2) is 21.9 Å². The molecule has 1 aromatic heterocycles. The highest BCUT2D eigenvalue weighted by Crippen LogP contribution is 1.89. The summed E-state index contributed by atoms with van der Waals surface area (Å²) in [5.41, 5.74) is -1.14. The molecule has 7 nitrogen and oxygen atoms in total. The van der Waals surface area contributed by atoms with Crippen LogP contribution in [0, 0.1) is 0 Å². The predicted molar refractivity (Wildman–Crippen MR) is 60.6 cm³/mol. The molecule has 7 heteroatoms. The predicted octanol–water partition coefficient (Wildman–Crippen LogP) is -1.58. The molecule has 1 rings (SSSR count). The van der Waals surface area contributed by atoms with Gasteiger partial charge in [0.15, 0.2) is 0 Å². The summed E-state index contributed by atoms with van der Waals surface area (Å²) in [7, 11) is 0. The smallest absolute Gasteiger partial charge is 0.328 e. The van der Waals surface area contributed by atoms with Gasteiger partial charge in [0.05, 0.1) is 12.6 Å². The van der Waals surface area contributed by atoms with Gasteiger partial charge in [-0.1, -0.05) is 6.92 Å². The van der Waals surface area contributed by atoms with Crippen LogP contribution in [-0.4, -0.2) is 33.2 Å². The maximum Gasteiger partial charge on any atom is 0.328 e. The van der Waals surface area contributed by atoms with Crippen LogP contribution in [0.2, 0.25) is 0 Å². The van der Waals surface area contributed by atoms with Crippen LogP contribution in [0.25, 0.3) is 0 Å². The number of hydrogen-bond donors (Lipinski definition) is 3. The Hall–Kier alpha value is -1.89. The van der Waals surface area contributed by atoms with Crippen LogP contribution in [0.1, 0.15) is 13.3 Å². The van der Waals surface area contributed by atoms with Crippen molar-refractivity contribution < 1.29 is 9.90 Å². The van der Waals surface area contributed by atoms with E-state index in [0.29, 0.717) is 6.42 Å². The summed E-state index contributed by atoms with van der Waals surface area (Å²) in [6.45, 7) is 1.49. The molecule has 0 aromatic carbocycles. The minimum atomic E-state index is -0.635. The Kier molecular flexibility index (Phi) is 4.65. The lowest BCUT2D eigenvalue weighted by Gasteiger charge is -2.14. The van der Waals surface area contributed by atoms with Crippen LogP contribution in [0.3, 0.4) is 0 Å². The first-order valence-electron chi connectivity index (χ1n) is 5.26. The minimum absolute atomic E-state index is 0.150. The van der Waals surface area contributed by atoms with Crippen molar-refractivity contribution in [2.75, 3.05) is 6.61 Å². The van der Waals surface area contributed by atoms with Crippen LogP contribution in [0.5, 0.6) is 0 Å². The number of aliphatic hydroxyl groups excluding tert-OH is 1. The third-order valence-corrected chi connectivity index (χ3v) is 2.29. The number of H-pyrrole nitrogens is 1. The Morgan fingerprint density at radius 2 is 2.29 bits per heavy atom. The number of rotatable bonds is 5. The average molecular weight is 241 g/mol. The van der Waals surface area contributed by atoms with Crippen LogP contribution < -0.4 is 16.6 Å². The van der Waals surface area contributed by atoms with Gasteiger partial charge in [-0.2, -0.15) is 0 Å². The van der Waals surface area contributed by atoms with Gasteiger partial charge in [0.25, 0.3) is 5.56 Å². The Labute approximate surface area is 97.1 Å². The molecule has 0 unspecified atom stereocenters. The van der Waals surface area contributed by atoms with E-state index >= 15 is 0 Å². The first-order chi connectivity index (χ1) is 8.06. The first kappa shape index (κ1) is 13.2. The summed E-state index contributed by atoms with van der Waals surface area (Å²) in [5.74, 6) is -0.389. The first-order valence-corrected chi connectivity index (χ1v) is 5.26. The highest BCUT2D eigenvalue weighted by Gasteiger charge is 2.10. The van der Waals surface area contributed by atoms with Gasteiger partial charge in [0.2, 0.25) is 5.91 Å². The van der Waals surface area contributed by atoms with Crippen molar-refractivity contribution >= 4 is 5.91 Å². The number of nitrogens with zero attached hydrogens (tertiary/aromatic N) is 1. The second-order valence-corrected chi connectivity index (χ2v) is 3.59. The molecule has 17 heavy (non-hydrogen) atoms. The normalized spacial score (nSPS) is 12.1. The second kappa shape index (κ2) is 6.00. The summed E-state index contributed by atoms with van der Waals surface area (Å²) in [4.78, 5) is 35.6. The number of hydrogen-bond acceptors (Lipinski definition) is 4. The highest BCUT2D eigenvalue weighted by molar-refractivity contribution is 5.76. The fourth-order valence-corrected chi connectivity index (χ4v) is 1.27. The average Bonchev–Trinajstić information content (AvgIpc) is 2.29. The molecule has 1 heterocycles. The van der Waals surface area contributed by atoms with Gasteiger partial charge >= 0.3 is 5.69 Å². The van der Waals surface area contributed by atoms with Crippen molar-refractivity contribution in [2.45, 2.75) is 25.9 Å². The van der Waals surface area contributed by atoms with Crippen molar-refractivity contribution in [2.24, 2.45) is 0 Å². The van der Waals surface area contributed by atoms with E-state index in [2.05, 4.69) is 5.32 Å². The molecule has 0 aliphatic heterocycles. The van der Waals surface area contributed by atoms with Gasteiger partial charge in [-0.05, 0) is 6.42 Å². The summed E-state index contributed by atoms with van der Waals surface area (Å²) < 4.78 is 1.08. The highest BCUT2D eigenvalue weighted by atomic mass is 16.3. The summed E-state index contributed by atoms with van der Waals surface area (Å²) in [6.07, 6.45) is 1.85. The molecule has 1 aromatic rings. The molecule has 0 fully saturated rings. The zero-order chi connectivity index (χ0) is 12.8. The zero-order valence-corrected chi connectivity index (χ0v) is 9.47. The van der Waals surface area contributed by atoms with Gasteiger partial charge in [0, 0.05) is 12.3 Å². The molecule has 94 valence electrons. The molecule has 1 atom stereocenters. The number of aliphatic hydroxyl groups is 1. The monoisotopic (exact) mass is 241 g/mol. The molecule has 0 saturated heterocycles. The van der Waals surface area contributed by atoms with E-state index in [-0.39, 0.29) is 25.1 Å². The molecule has 0 radical (unpaired) electrons. The van der Waals surface area contributed by atoms with E-state index in [1.807, 2.05) is 11.9 Å². The van der Waals surface area contributed by atoms with Gasteiger partial charge in [-0.15, -0.1) is 0 Å². The zero-order valence-electron chi connectivity index (χ0n) is 9.47.